The zero-order valence-electron chi connectivity index (χ0n) is 19.9. The van der Waals surface area contributed by atoms with Gasteiger partial charge in [-0.05, 0) is 35.1 Å². The number of benzene rings is 2. The molecule has 2 N–H and O–H groups in total. The molecule has 2 aromatic carbocycles. The van der Waals surface area contributed by atoms with Gasteiger partial charge in [-0.15, -0.1) is 0 Å². The number of carboxylic acids is 1. The average molecular weight is 483 g/mol. The number of carboxylic acid groups (broad SMARTS) is 1. The van der Waals surface area contributed by atoms with E-state index in [-0.39, 0.29) is 38.7 Å². The summed E-state index contributed by atoms with van der Waals surface area (Å²) in [6.45, 7) is 0.0855. The number of amides is 2. The Kier molecular flexibility index (Phi) is 7.37. The zero-order chi connectivity index (χ0) is 25.0. The summed E-state index contributed by atoms with van der Waals surface area (Å²) in [5.74, 6) is -1.80. The van der Waals surface area contributed by atoms with Gasteiger partial charge in [0.1, 0.15) is 12.6 Å². The second kappa shape index (κ2) is 10.5. The number of nitrogens with one attached hydrogen (secondary N) is 1. The molecule has 186 valence electrons. The molecule has 2 amide bonds. The van der Waals surface area contributed by atoms with Gasteiger partial charge in [-0.2, -0.15) is 0 Å². The summed E-state index contributed by atoms with van der Waals surface area (Å²) in [6.07, 6.45) is 0.0210. The summed E-state index contributed by atoms with van der Waals surface area (Å²) in [6, 6.07) is 14.9. The summed E-state index contributed by atoms with van der Waals surface area (Å²) in [5, 5.41) is 12.4. The Labute approximate surface area is 204 Å². The lowest BCUT2D eigenvalue weighted by molar-refractivity contribution is -0.161. The average Bonchev–Trinajstić information content (AvgIpc) is 3.42. The molecule has 9 nitrogen and oxygen atoms in total. The predicted octanol–water partition coefficient (Wildman–Crippen LogP) is 2.63. The van der Waals surface area contributed by atoms with Crippen LogP contribution in [-0.2, 0) is 23.8 Å². The highest BCUT2D eigenvalue weighted by Crippen LogP contribution is 2.44. The van der Waals surface area contributed by atoms with E-state index < -0.39 is 29.6 Å². The lowest BCUT2D eigenvalue weighted by Crippen LogP contribution is -2.61. The number of alkyl carbamates (subject to hydrolysis) is 1. The maximum atomic E-state index is 13.3. The Morgan fingerprint density at radius 2 is 1.69 bits per heavy atom. The lowest BCUT2D eigenvalue weighted by Gasteiger charge is -2.36. The van der Waals surface area contributed by atoms with Gasteiger partial charge in [0, 0.05) is 26.7 Å². The van der Waals surface area contributed by atoms with Crippen molar-refractivity contribution in [2.75, 3.05) is 40.6 Å². The number of carbonyl (C=O) groups is 3. The van der Waals surface area contributed by atoms with Crippen LogP contribution >= 0.6 is 0 Å². The fraction of sp³-hybridized carbons (Fsp3) is 0.423. The quantitative estimate of drug-likeness (QED) is 0.565. The molecule has 2 aliphatic rings. The SMILES string of the molecule is COC[C@H](NC(=O)OCC1c2ccccc2-c2ccccc21)C(=O)N1CCCC1(COC)C(=O)O. The highest BCUT2D eigenvalue weighted by Gasteiger charge is 2.51. The fourth-order valence-corrected chi connectivity index (χ4v) is 5.18. The molecule has 0 radical (unpaired) electrons. The molecule has 4 rings (SSSR count). The molecule has 2 aromatic rings. The molecular formula is C26H30N2O7. The minimum atomic E-state index is -1.47. The van der Waals surface area contributed by atoms with Crippen molar-refractivity contribution in [1.82, 2.24) is 10.2 Å². The van der Waals surface area contributed by atoms with Gasteiger partial charge in [0.2, 0.25) is 5.91 Å². The summed E-state index contributed by atoms with van der Waals surface area (Å²) >= 11 is 0. The smallest absolute Gasteiger partial charge is 0.407 e. The summed E-state index contributed by atoms with van der Waals surface area (Å²) in [7, 11) is 2.80. The lowest BCUT2D eigenvalue weighted by atomic mass is 9.96. The van der Waals surface area contributed by atoms with Gasteiger partial charge in [0.05, 0.1) is 13.2 Å². The maximum absolute atomic E-state index is 13.3. The standard InChI is InChI=1S/C26H30N2O7/c1-33-15-22(23(29)28-13-7-12-26(28,16-34-2)24(30)31)27-25(32)35-14-21-19-10-5-3-8-17(19)18-9-4-6-11-20(18)21/h3-6,8-11,21-22H,7,12-16H2,1-2H3,(H,27,32)(H,30,31)/t22-,26?/m0/s1. The van der Waals surface area contributed by atoms with Crippen molar-refractivity contribution in [2.24, 2.45) is 0 Å². The first kappa shape index (κ1) is 24.7. The first-order chi connectivity index (χ1) is 16.9. The minimum Gasteiger partial charge on any atom is -0.479 e. The van der Waals surface area contributed by atoms with Crippen LogP contribution in [0.2, 0.25) is 0 Å². The third kappa shape index (κ3) is 4.61. The molecule has 1 heterocycles. The van der Waals surface area contributed by atoms with Crippen molar-refractivity contribution >= 4 is 18.0 Å². The molecule has 1 saturated heterocycles. The summed E-state index contributed by atoms with van der Waals surface area (Å²) < 4.78 is 15.8. The Morgan fingerprint density at radius 3 is 2.26 bits per heavy atom. The van der Waals surface area contributed by atoms with Crippen LogP contribution in [0.3, 0.4) is 0 Å². The molecule has 0 bridgehead atoms. The molecule has 1 aliphatic heterocycles. The van der Waals surface area contributed by atoms with E-state index in [0.29, 0.717) is 6.42 Å². The van der Waals surface area contributed by atoms with E-state index >= 15 is 0 Å². The molecule has 2 atom stereocenters. The first-order valence-electron chi connectivity index (χ1n) is 11.6. The van der Waals surface area contributed by atoms with Gasteiger partial charge in [0.15, 0.2) is 5.54 Å². The number of fused-ring (bicyclic) bond motifs is 3. The molecule has 0 aromatic heterocycles. The number of methoxy groups -OCH3 is 2. The Morgan fingerprint density at radius 1 is 1.06 bits per heavy atom. The zero-order valence-corrected chi connectivity index (χ0v) is 19.9. The number of rotatable bonds is 9. The fourth-order valence-electron chi connectivity index (χ4n) is 5.18. The van der Waals surface area contributed by atoms with Crippen molar-refractivity contribution in [3.63, 3.8) is 0 Å². The highest BCUT2D eigenvalue weighted by atomic mass is 16.5. The molecule has 1 unspecified atom stereocenters. The number of nitrogens with zero attached hydrogens (tertiary/aromatic N) is 1. The highest BCUT2D eigenvalue weighted by molar-refractivity contribution is 5.92. The Bertz CT molecular complexity index is 1060. The molecule has 0 spiro atoms. The van der Waals surface area contributed by atoms with Crippen LogP contribution in [0.5, 0.6) is 0 Å². The molecule has 35 heavy (non-hydrogen) atoms. The largest absolute Gasteiger partial charge is 0.479 e. The van der Waals surface area contributed by atoms with E-state index in [1.807, 2.05) is 48.5 Å². The van der Waals surface area contributed by atoms with Gasteiger partial charge in [-0.25, -0.2) is 9.59 Å². The second-order valence-corrected chi connectivity index (χ2v) is 8.84. The van der Waals surface area contributed by atoms with Crippen LogP contribution in [-0.4, -0.2) is 80.1 Å². The van der Waals surface area contributed by atoms with Crippen LogP contribution in [0.4, 0.5) is 4.79 Å². The summed E-state index contributed by atoms with van der Waals surface area (Å²) in [4.78, 5) is 39.4. The Balaban J connectivity index is 1.45. The number of likely N-dealkylation sites (tertiary alicyclic amines) is 1. The normalized spacial score (nSPS) is 19.7. The molecular weight excluding hydrogens is 452 g/mol. The van der Waals surface area contributed by atoms with Crippen molar-refractivity contribution in [3.05, 3.63) is 59.7 Å². The van der Waals surface area contributed by atoms with E-state index in [1.165, 1.54) is 19.1 Å². The van der Waals surface area contributed by atoms with E-state index in [1.54, 1.807) is 0 Å². The summed E-state index contributed by atoms with van der Waals surface area (Å²) in [5.41, 5.74) is 2.91. The number of ether oxygens (including phenoxy) is 3. The Hall–Kier alpha value is -3.43. The van der Waals surface area contributed by atoms with Crippen LogP contribution in [0.25, 0.3) is 11.1 Å². The van der Waals surface area contributed by atoms with E-state index in [0.717, 1.165) is 22.3 Å². The third-order valence-corrected chi connectivity index (χ3v) is 6.80. The minimum absolute atomic E-state index is 0.0974. The van der Waals surface area contributed by atoms with E-state index in [2.05, 4.69) is 5.32 Å². The van der Waals surface area contributed by atoms with E-state index in [4.69, 9.17) is 14.2 Å². The predicted molar refractivity (Wildman–Crippen MR) is 127 cm³/mol. The molecule has 1 aliphatic carbocycles. The monoisotopic (exact) mass is 482 g/mol. The van der Waals surface area contributed by atoms with E-state index in [9.17, 15) is 19.5 Å². The number of carbonyl (C=O) groups excluding carboxylic acids is 2. The van der Waals surface area contributed by atoms with Gasteiger partial charge in [-0.3, -0.25) is 4.79 Å². The van der Waals surface area contributed by atoms with Crippen molar-refractivity contribution < 1.29 is 33.7 Å². The molecule has 9 heteroatoms. The van der Waals surface area contributed by atoms with Crippen LogP contribution < -0.4 is 5.32 Å². The number of hydrogen-bond acceptors (Lipinski definition) is 6. The van der Waals surface area contributed by atoms with Crippen LogP contribution in [0, 0.1) is 0 Å². The van der Waals surface area contributed by atoms with Gasteiger partial charge < -0.3 is 29.5 Å². The molecule has 0 saturated carbocycles. The third-order valence-electron chi connectivity index (χ3n) is 6.80. The second-order valence-electron chi connectivity index (χ2n) is 8.84. The van der Waals surface area contributed by atoms with Gasteiger partial charge in [-0.1, -0.05) is 48.5 Å². The first-order valence-corrected chi connectivity index (χ1v) is 11.6. The molecule has 1 fully saturated rings. The number of aliphatic carboxylic acids is 1. The van der Waals surface area contributed by atoms with Gasteiger partial charge in [0.25, 0.3) is 0 Å². The van der Waals surface area contributed by atoms with Gasteiger partial charge >= 0.3 is 12.1 Å². The van der Waals surface area contributed by atoms with Crippen molar-refractivity contribution in [2.45, 2.75) is 30.3 Å². The van der Waals surface area contributed by atoms with Crippen LogP contribution in [0.15, 0.2) is 48.5 Å². The topological polar surface area (TPSA) is 114 Å². The number of hydrogen-bond donors (Lipinski definition) is 2. The maximum Gasteiger partial charge on any atom is 0.407 e. The van der Waals surface area contributed by atoms with Crippen LogP contribution in [0.1, 0.15) is 29.9 Å². The van der Waals surface area contributed by atoms with Crippen molar-refractivity contribution in [3.8, 4) is 11.1 Å². The van der Waals surface area contributed by atoms with Crippen molar-refractivity contribution in [1.29, 1.82) is 0 Å².